The number of aromatic amines is 1. The number of carbonyl (C=O) groups is 1. The highest BCUT2D eigenvalue weighted by molar-refractivity contribution is 5.78. The normalized spacial score (nSPS) is 15.1. The van der Waals surface area contributed by atoms with Gasteiger partial charge in [0.15, 0.2) is 0 Å². The molecule has 1 aromatic carbocycles. The number of nitrogens with zero attached hydrogens (tertiary/aromatic N) is 4. The Labute approximate surface area is 163 Å². The molecule has 7 nitrogen and oxygen atoms in total. The van der Waals surface area contributed by atoms with Crippen LogP contribution in [-0.4, -0.2) is 56.8 Å². The van der Waals surface area contributed by atoms with Gasteiger partial charge < -0.3 is 9.88 Å². The molecule has 0 aliphatic carbocycles. The van der Waals surface area contributed by atoms with Crippen LogP contribution >= 0.6 is 0 Å². The van der Waals surface area contributed by atoms with E-state index in [1.54, 1.807) is 18.5 Å². The van der Waals surface area contributed by atoms with Gasteiger partial charge in [0.1, 0.15) is 5.82 Å². The lowest BCUT2D eigenvalue weighted by atomic mass is 10.2. The fourth-order valence-electron chi connectivity index (χ4n) is 3.54. The molecule has 0 spiro atoms. The Bertz CT molecular complexity index is 1010. The van der Waals surface area contributed by atoms with Crippen LogP contribution in [0.2, 0.25) is 0 Å². The first-order valence-electron chi connectivity index (χ1n) is 9.56. The number of amides is 1. The number of piperazine rings is 1. The summed E-state index contributed by atoms with van der Waals surface area (Å²) in [5, 5.41) is 0.572. The van der Waals surface area contributed by atoms with E-state index in [0.29, 0.717) is 29.6 Å². The van der Waals surface area contributed by atoms with E-state index in [1.807, 2.05) is 35.2 Å². The molecule has 0 bridgehead atoms. The highest BCUT2D eigenvalue weighted by atomic mass is 16.2. The van der Waals surface area contributed by atoms with E-state index in [0.717, 1.165) is 32.7 Å². The Morgan fingerprint density at radius 1 is 1.04 bits per heavy atom. The van der Waals surface area contributed by atoms with Gasteiger partial charge in [-0.05, 0) is 29.8 Å². The van der Waals surface area contributed by atoms with Gasteiger partial charge in [-0.1, -0.05) is 12.1 Å². The molecular weight excluding hydrogens is 354 g/mol. The summed E-state index contributed by atoms with van der Waals surface area (Å²) in [6.45, 7) is 4.06. The molecule has 1 fully saturated rings. The Morgan fingerprint density at radius 2 is 1.79 bits per heavy atom. The smallest absolute Gasteiger partial charge is 0.258 e. The molecule has 0 saturated carbocycles. The van der Waals surface area contributed by atoms with Crippen LogP contribution in [0, 0.1) is 0 Å². The molecule has 3 heterocycles. The summed E-state index contributed by atoms with van der Waals surface area (Å²) >= 11 is 0. The predicted octanol–water partition coefficient (Wildman–Crippen LogP) is 1.60. The zero-order valence-electron chi connectivity index (χ0n) is 15.7. The highest BCUT2D eigenvalue weighted by Crippen LogP contribution is 2.11. The van der Waals surface area contributed by atoms with Crippen molar-refractivity contribution in [3.63, 3.8) is 0 Å². The number of aromatic nitrogens is 3. The second-order valence-electron chi connectivity index (χ2n) is 7.04. The summed E-state index contributed by atoms with van der Waals surface area (Å²) in [7, 11) is 0. The number of aryl methyl sites for hydroxylation is 1. The molecule has 0 radical (unpaired) electrons. The number of para-hydroxylation sites is 1. The maximum Gasteiger partial charge on any atom is 0.258 e. The maximum atomic E-state index is 12.6. The van der Waals surface area contributed by atoms with Crippen molar-refractivity contribution in [3.8, 4) is 0 Å². The Morgan fingerprint density at radius 3 is 2.57 bits per heavy atom. The van der Waals surface area contributed by atoms with E-state index in [2.05, 4.69) is 19.9 Å². The third-order valence-corrected chi connectivity index (χ3v) is 5.12. The third-order valence-electron chi connectivity index (χ3n) is 5.12. The van der Waals surface area contributed by atoms with Crippen LogP contribution in [0.3, 0.4) is 0 Å². The summed E-state index contributed by atoms with van der Waals surface area (Å²) in [5.41, 5.74) is 1.75. The lowest BCUT2D eigenvalue weighted by molar-refractivity contribution is -0.133. The lowest BCUT2D eigenvalue weighted by Gasteiger charge is -2.34. The molecule has 4 rings (SSSR count). The topological polar surface area (TPSA) is 82.2 Å². The van der Waals surface area contributed by atoms with Gasteiger partial charge in [0.2, 0.25) is 5.91 Å². The monoisotopic (exact) mass is 377 g/mol. The SMILES string of the molecule is O=C(CCc1nc2ccccc2c(=O)[nH]1)N1CCN(Cc2ccncc2)CC1. The van der Waals surface area contributed by atoms with Crippen molar-refractivity contribution in [2.24, 2.45) is 0 Å². The molecule has 1 aliphatic rings. The van der Waals surface area contributed by atoms with Gasteiger partial charge in [0, 0.05) is 58.0 Å². The molecule has 144 valence electrons. The summed E-state index contributed by atoms with van der Waals surface area (Å²) in [6.07, 6.45) is 4.41. The summed E-state index contributed by atoms with van der Waals surface area (Å²) < 4.78 is 0. The van der Waals surface area contributed by atoms with E-state index >= 15 is 0 Å². The minimum absolute atomic E-state index is 0.111. The van der Waals surface area contributed by atoms with Gasteiger partial charge in [0.25, 0.3) is 5.56 Å². The number of H-pyrrole nitrogens is 1. The minimum atomic E-state index is -0.155. The van der Waals surface area contributed by atoms with E-state index in [4.69, 9.17) is 0 Å². The molecule has 3 aromatic rings. The average Bonchev–Trinajstić information content (AvgIpc) is 2.73. The van der Waals surface area contributed by atoms with Crippen LogP contribution in [0.15, 0.2) is 53.6 Å². The predicted molar refractivity (Wildman–Crippen MR) is 107 cm³/mol. The summed E-state index contributed by atoms with van der Waals surface area (Å²) in [6, 6.07) is 11.3. The van der Waals surface area contributed by atoms with Gasteiger partial charge in [-0.3, -0.25) is 19.5 Å². The van der Waals surface area contributed by atoms with E-state index in [1.165, 1.54) is 5.56 Å². The summed E-state index contributed by atoms with van der Waals surface area (Å²) in [4.78, 5) is 40.3. The number of fused-ring (bicyclic) bond motifs is 1. The lowest BCUT2D eigenvalue weighted by Crippen LogP contribution is -2.48. The van der Waals surface area contributed by atoms with Gasteiger partial charge in [-0.2, -0.15) is 0 Å². The number of hydrogen-bond acceptors (Lipinski definition) is 5. The average molecular weight is 377 g/mol. The van der Waals surface area contributed by atoms with Crippen LogP contribution in [0.25, 0.3) is 10.9 Å². The molecule has 0 unspecified atom stereocenters. The number of benzene rings is 1. The van der Waals surface area contributed by atoms with Crippen LogP contribution in [0.4, 0.5) is 0 Å². The van der Waals surface area contributed by atoms with Crippen LogP contribution in [0.5, 0.6) is 0 Å². The molecule has 1 N–H and O–H groups in total. The van der Waals surface area contributed by atoms with Crippen molar-refractivity contribution < 1.29 is 4.79 Å². The van der Waals surface area contributed by atoms with Gasteiger partial charge in [-0.15, -0.1) is 0 Å². The Balaban J connectivity index is 1.30. The highest BCUT2D eigenvalue weighted by Gasteiger charge is 2.21. The summed E-state index contributed by atoms with van der Waals surface area (Å²) in [5.74, 6) is 0.674. The first-order valence-corrected chi connectivity index (χ1v) is 9.56. The van der Waals surface area contributed by atoms with Crippen molar-refractivity contribution in [2.75, 3.05) is 26.2 Å². The van der Waals surface area contributed by atoms with Crippen molar-refractivity contribution >= 4 is 16.8 Å². The number of rotatable bonds is 5. The largest absolute Gasteiger partial charge is 0.340 e. The first-order chi connectivity index (χ1) is 13.7. The Hall–Kier alpha value is -3.06. The van der Waals surface area contributed by atoms with Crippen LogP contribution in [-0.2, 0) is 17.8 Å². The molecule has 1 aliphatic heterocycles. The van der Waals surface area contributed by atoms with E-state index in [9.17, 15) is 9.59 Å². The molecule has 2 aromatic heterocycles. The van der Waals surface area contributed by atoms with Crippen LogP contribution < -0.4 is 5.56 Å². The minimum Gasteiger partial charge on any atom is -0.340 e. The van der Waals surface area contributed by atoms with E-state index in [-0.39, 0.29) is 11.5 Å². The van der Waals surface area contributed by atoms with Gasteiger partial charge in [-0.25, -0.2) is 4.98 Å². The third kappa shape index (κ3) is 4.26. The standard InChI is InChI=1S/C21H23N5O2/c27-20(6-5-19-23-18-4-2-1-3-17(18)21(28)24-19)26-13-11-25(12-14-26)15-16-7-9-22-10-8-16/h1-4,7-10H,5-6,11-15H2,(H,23,24,28). The maximum absolute atomic E-state index is 12.6. The van der Waals surface area contributed by atoms with E-state index < -0.39 is 0 Å². The number of carbonyl (C=O) groups excluding carboxylic acids is 1. The van der Waals surface area contributed by atoms with Gasteiger partial charge in [0.05, 0.1) is 10.9 Å². The van der Waals surface area contributed by atoms with Crippen LogP contribution in [0.1, 0.15) is 17.8 Å². The van der Waals surface area contributed by atoms with Crippen molar-refractivity contribution in [2.45, 2.75) is 19.4 Å². The second-order valence-corrected chi connectivity index (χ2v) is 7.04. The quantitative estimate of drug-likeness (QED) is 0.730. The van der Waals surface area contributed by atoms with Crippen molar-refractivity contribution in [1.82, 2.24) is 24.8 Å². The van der Waals surface area contributed by atoms with Crippen molar-refractivity contribution in [1.29, 1.82) is 0 Å². The zero-order chi connectivity index (χ0) is 19.3. The second kappa shape index (κ2) is 8.31. The molecule has 1 saturated heterocycles. The molecule has 28 heavy (non-hydrogen) atoms. The molecule has 7 heteroatoms. The fourth-order valence-corrected chi connectivity index (χ4v) is 3.54. The van der Waals surface area contributed by atoms with Gasteiger partial charge >= 0.3 is 0 Å². The van der Waals surface area contributed by atoms with Crippen molar-refractivity contribution in [3.05, 3.63) is 70.5 Å². The number of nitrogens with one attached hydrogen (secondary N) is 1. The molecule has 0 atom stereocenters. The number of hydrogen-bond donors (Lipinski definition) is 1. The Kier molecular flexibility index (Phi) is 5.43. The fraction of sp³-hybridized carbons (Fsp3) is 0.333. The molecular formula is C21H23N5O2. The number of pyridine rings is 1. The zero-order valence-corrected chi connectivity index (χ0v) is 15.7. The molecule has 1 amide bonds. The first kappa shape index (κ1) is 18.3.